The van der Waals surface area contributed by atoms with Crippen molar-refractivity contribution in [1.82, 2.24) is 4.98 Å². The van der Waals surface area contributed by atoms with Gasteiger partial charge in [-0.2, -0.15) is 0 Å². The number of aryl methyl sites for hydroxylation is 1. The summed E-state index contributed by atoms with van der Waals surface area (Å²) in [5.41, 5.74) is 1.02. The molecule has 2 nitrogen and oxygen atoms in total. The maximum absolute atomic E-state index is 12.5. The lowest BCUT2D eigenvalue weighted by Crippen LogP contribution is -2.23. The maximum Gasteiger partial charge on any atom is 0.243 e. The molecule has 1 aromatic rings. The first-order valence-electron chi connectivity index (χ1n) is 5.23. The van der Waals surface area contributed by atoms with Crippen molar-refractivity contribution in [3.63, 3.8) is 0 Å². The van der Waals surface area contributed by atoms with E-state index in [1.165, 1.54) is 0 Å². The van der Waals surface area contributed by atoms with Crippen molar-refractivity contribution in [2.45, 2.75) is 19.8 Å². The van der Waals surface area contributed by atoms with Gasteiger partial charge in [0.05, 0.1) is 0 Å². The molecular weight excluding hydrogens is 278 g/mol. The Kier molecular flexibility index (Phi) is 3.42. The van der Waals surface area contributed by atoms with Gasteiger partial charge in [0.25, 0.3) is 0 Å². The van der Waals surface area contributed by atoms with Crippen LogP contribution >= 0.6 is 15.9 Å². The summed E-state index contributed by atoms with van der Waals surface area (Å²) in [4.78, 5) is 6.23. The zero-order chi connectivity index (χ0) is 11.7. The number of pyridine rings is 1. The number of nitrogens with zero attached hydrogens (tertiary/aromatic N) is 2. The van der Waals surface area contributed by atoms with Crippen LogP contribution in [0.15, 0.2) is 16.7 Å². The van der Waals surface area contributed by atoms with Crippen LogP contribution in [0.2, 0.25) is 0 Å². The smallest absolute Gasteiger partial charge is 0.243 e. The molecular formula is C11H13BrF2N2. The minimum atomic E-state index is -2.22. The van der Waals surface area contributed by atoms with Crippen LogP contribution in [0.1, 0.15) is 12.0 Å². The predicted octanol–water partition coefficient (Wildman–Crippen LogP) is 3.24. The molecule has 16 heavy (non-hydrogen) atoms. The number of anilines is 1. The lowest BCUT2D eigenvalue weighted by Gasteiger charge is -2.19. The molecule has 0 amide bonds. The molecule has 1 aliphatic heterocycles. The summed E-state index contributed by atoms with van der Waals surface area (Å²) in [6.45, 7) is 3.03. The second-order valence-corrected chi connectivity index (χ2v) is 5.04. The third kappa shape index (κ3) is 2.34. The van der Waals surface area contributed by atoms with Gasteiger partial charge in [-0.15, -0.1) is 0 Å². The second-order valence-electron chi connectivity index (χ2n) is 4.12. The van der Waals surface area contributed by atoms with Gasteiger partial charge in [-0.1, -0.05) is 0 Å². The SMILES string of the molecule is Cc1cc(Br)cnc1N1CCC(C(F)F)C1. The molecule has 1 saturated heterocycles. The Bertz CT molecular complexity index is 384. The van der Waals surface area contributed by atoms with E-state index in [1.807, 2.05) is 17.9 Å². The Morgan fingerprint density at radius 2 is 2.31 bits per heavy atom. The van der Waals surface area contributed by atoms with Crippen LogP contribution in [0.4, 0.5) is 14.6 Å². The van der Waals surface area contributed by atoms with Gasteiger partial charge < -0.3 is 4.90 Å². The van der Waals surface area contributed by atoms with E-state index in [9.17, 15) is 8.78 Å². The van der Waals surface area contributed by atoms with E-state index in [0.29, 0.717) is 19.5 Å². The van der Waals surface area contributed by atoms with Crippen LogP contribution in [-0.2, 0) is 0 Å². The van der Waals surface area contributed by atoms with E-state index in [2.05, 4.69) is 20.9 Å². The summed E-state index contributed by atoms with van der Waals surface area (Å²) in [5, 5.41) is 0. The van der Waals surface area contributed by atoms with Gasteiger partial charge in [0, 0.05) is 29.7 Å². The van der Waals surface area contributed by atoms with Crippen molar-refractivity contribution < 1.29 is 8.78 Å². The number of halogens is 3. The molecule has 0 bridgehead atoms. The van der Waals surface area contributed by atoms with E-state index in [-0.39, 0.29) is 0 Å². The molecule has 1 unspecified atom stereocenters. The Balaban J connectivity index is 2.14. The highest BCUT2D eigenvalue weighted by atomic mass is 79.9. The number of rotatable bonds is 2. The molecule has 0 spiro atoms. The Labute approximate surface area is 102 Å². The molecule has 1 fully saturated rings. The van der Waals surface area contributed by atoms with Crippen molar-refractivity contribution in [2.75, 3.05) is 18.0 Å². The molecule has 0 aromatic carbocycles. The highest BCUT2D eigenvalue weighted by molar-refractivity contribution is 9.10. The lowest BCUT2D eigenvalue weighted by atomic mass is 10.1. The van der Waals surface area contributed by atoms with Crippen molar-refractivity contribution >= 4 is 21.7 Å². The van der Waals surface area contributed by atoms with Crippen LogP contribution in [0.3, 0.4) is 0 Å². The quantitative estimate of drug-likeness (QED) is 0.831. The number of hydrogen-bond donors (Lipinski definition) is 0. The van der Waals surface area contributed by atoms with E-state index >= 15 is 0 Å². The number of alkyl halides is 2. The zero-order valence-electron chi connectivity index (χ0n) is 8.96. The Hall–Kier alpha value is -0.710. The fourth-order valence-corrected chi connectivity index (χ4v) is 2.50. The predicted molar refractivity (Wildman–Crippen MR) is 63.0 cm³/mol. The largest absolute Gasteiger partial charge is 0.356 e. The van der Waals surface area contributed by atoms with Gasteiger partial charge in [0.2, 0.25) is 6.43 Å². The Morgan fingerprint density at radius 1 is 1.56 bits per heavy atom. The fourth-order valence-electron chi connectivity index (χ4n) is 2.05. The summed E-state index contributed by atoms with van der Waals surface area (Å²) < 4.78 is 26.0. The van der Waals surface area contributed by atoms with Crippen LogP contribution in [0.25, 0.3) is 0 Å². The fraction of sp³-hybridized carbons (Fsp3) is 0.545. The summed E-state index contributed by atoms with van der Waals surface area (Å²) in [7, 11) is 0. The molecule has 2 heterocycles. The normalized spacial score (nSPS) is 20.8. The van der Waals surface area contributed by atoms with E-state index in [0.717, 1.165) is 15.9 Å². The van der Waals surface area contributed by atoms with Crippen LogP contribution < -0.4 is 4.90 Å². The molecule has 0 aliphatic carbocycles. The summed E-state index contributed by atoms with van der Waals surface area (Å²) in [6.07, 6.45) is 0.0353. The highest BCUT2D eigenvalue weighted by Crippen LogP contribution is 2.29. The molecule has 0 saturated carbocycles. The monoisotopic (exact) mass is 290 g/mol. The standard InChI is InChI=1S/C11H13BrF2N2/c1-7-4-9(12)5-15-11(7)16-3-2-8(6-16)10(13)14/h4-5,8,10H,2-3,6H2,1H3. The maximum atomic E-state index is 12.5. The molecule has 0 radical (unpaired) electrons. The highest BCUT2D eigenvalue weighted by Gasteiger charge is 2.30. The second kappa shape index (κ2) is 4.65. The molecule has 5 heteroatoms. The summed E-state index contributed by atoms with van der Waals surface area (Å²) >= 11 is 3.34. The number of hydrogen-bond acceptors (Lipinski definition) is 2. The molecule has 2 rings (SSSR count). The van der Waals surface area contributed by atoms with Crippen molar-refractivity contribution in [3.05, 3.63) is 22.3 Å². The van der Waals surface area contributed by atoms with Crippen molar-refractivity contribution in [3.8, 4) is 0 Å². The first-order valence-corrected chi connectivity index (χ1v) is 6.02. The van der Waals surface area contributed by atoms with Gasteiger partial charge in [-0.05, 0) is 40.9 Å². The molecule has 0 N–H and O–H groups in total. The lowest BCUT2D eigenvalue weighted by molar-refractivity contribution is 0.0880. The van der Waals surface area contributed by atoms with Crippen LogP contribution in [0.5, 0.6) is 0 Å². The molecule has 1 atom stereocenters. The van der Waals surface area contributed by atoms with Crippen LogP contribution in [0, 0.1) is 12.8 Å². The topological polar surface area (TPSA) is 16.1 Å². The average molecular weight is 291 g/mol. The van der Waals surface area contributed by atoms with Gasteiger partial charge in [-0.25, -0.2) is 13.8 Å². The van der Waals surface area contributed by atoms with E-state index in [1.54, 1.807) is 6.20 Å². The van der Waals surface area contributed by atoms with Gasteiger partial charge in [0.15, 0.2) is 0 Å². The molecule has 88 valence electrons. The van der Waals surface area contributed by atoms with Crippen LogP contribution in [-0.4, -0.2) is 24.5 Å². The van der Waals surface area contributed by atoms with Gasteiger partial charge in [0.1, 0.15) is 5.82 Å². The van der Waals surface area contributed by atoms with Gasteiger partial charge >= 0.3 is 0 Å². The molecule has 1 aromatic heterocycles. The Morgan fingerprint density at radius 3 is 2.88 bits per heavy atom. The summed E-state index contributed by atoms with van der Waals surface area (Å²) in [5.74, 6) is 0.316. The third-order valence-corrected chi connectivity index (χ3v) is 3.33. The van der Waals surface area contributed by atoms with E-state index < -0.39 is 12.3 Å². The van der Waals surface area contributed by atoms with Gasteiger partial charge in [-0.3, -0.25) is 0 Å². The first kappa shape index (κ1) is 11.8. The average Bonchev–Trinajstić information content (AvgIpc) is 2.66. The summed E-state index contributed by atoms with van der Waals surface area (Å²) in [6, 6.07) is 1.96. The number of aromatic nitrogens is 1. The van der Waals surface area contributed by atoms with E-state index in [4.69, 9.17) is 0 Å². The minimum Gasteiger partial charge on any atom is -0.356 e. The molecule has 1 aliphatic rings. The zero-order valence-corrected chi connectivity index (χ0v) is 10.5. The van der Waals surface area contributed by atoms with Crippen molar-refractivity contribution in [1.29, 1.82) is 0 Å². The third-order valence-electron chi connectivity index (χ3n) is 2.90. The van der Waals surface area contributed by atoms with Crippen molar-refractivity contribution in [2.24, 2.45) is 5.92 Å². The first-order chi connectivity index (χ1) is 7.58. The minimum absolute atomic E-state index is 0.410.